The maximum absolute atomic E-state index is 13.9. The van der Waals surface area contributed by atoms with Crippen LogP contribution in [-0.2, 0) is 4.79 Å². The van der Waals surface area contributed by atoms with E-state index in [1.54, 1.807) is 0 Å². The first-order valence-electron chi connectivity index (χ1n) is 6.54. The molecule has 1 atom stereocenters. The van der Waals surface area contributed by atoms with Crippen molar-refractivity contribution in [2.24, 2.45) is 5.92 Å². The Bertz CT molecular complexity index is 538. The number of halogens is 1. The molecule has 4 nitrogen and oxygen atoms in total. The van der Waals surface area contributed by atoms with Crippen LogP contribution >= 0.6 is 0 Å². The molecule has 2 aliphatic heterocycles. The molecular weight excluding hydrogens is 247 g/mol. The lowest BCUT2D eigenvalue weighted by Crippen LogP contribution is -2.40. The zero-order valence-corrected chi connectivity index (χ0v) is 10.5. The third-order valence-corrected chi connectivity index (χ3v) is 3.78. The average molecular weight is 262 g/mol. The number of para-hydroxylation sites is 1. The quantitative estimate of drug-likeness (QED) is 0.819. The van der Waals surface area contributed by atoms with Crippen LogP contribution in [0.15, 0.2) is 18.2 Å². The summed E-state index contributed by atoms with van der Waals surface area (Å²) in [4.78, 5) is 25.1. The van der Waals surface area contributed by atoms with Gasteiger partial charge in [-0.2, -0.15) is 0 Å². The minimum absolute atomic E-state index is 0.156. The van der Waals surface area contributed by atoms with E-state index in [0.717, 1.165) is 25.9 Å². The molecule has 0 radical (unpaired) electrons. The van der Waals surface area contributed by atoms with Gasteiger partial charge in [0.05, 0.1) is 11.3 Å². The van der Waals surface area contributed by atoms with E-state index in [1.165, 1.54) is 23.1 Å². The number of fused-ring (bicyclic) bond motifs is 1. The van der Waals surface area contributed by atoms with Gasteiger partial charge in [-0.05, 0) is 44.0 Å². The summed E-state index contributed by atoms with van der Waals surface area (Å²) in [6.07, 6.45) is 2.04. The van der Waals surface area contributed by atoms with E-state index in [2.05, 4.69) is 5.32 Å². The van der Waals surface area contributed by atoms with Gasteiger partial charge in [0.25, 0.3) is 11.7 Å². The smallest absolute Gasteiger partial charge is 0.299 e. The fourth-order valence-corrected chi connectivity index (χ4v) is 2.82. The molecule has 0 spiro atoms. The molecule has 1 amide bonds. The Morgan fingerprint density at radius 2 is 2.21 bits per heavy atom. The predicted molar refractivity (Wildman–Crippen MR) is 68.7 cm³/mol. The Kier molecular flexibility index (Phi) is 3.06. The summed E-state index contributed by atoms with van der Waals surface area (Å²) in [5.74, 6) is -1.43. The van der Waals surface area contributed by atoms with E-state index in [1.807, 2.05) is 0 Å². The van der Waals surface area contributed by atoms with E-state index >= 15 is 0 Å². The topological polar surface area (TPSA) is 49.4 Å². The number of nitrogens with zero attached hydrogens (tertiary/aromatic N) is 1. The molecule has 100 valence electrons. The molecule has 0 saturated carbocycles. The van der Waals surface area contributed by atoms with Crippen LogP contribution in [0.5, 0.6) is 0 Å². The van der Waals surface area contributed by atoms with Gasteiger partial charge in [-0.3, -0.25) is 9.59 Å². The van der Waals surface area contributed by atoms with E-state index in [9.17, 15) is 14.0 Å². The maximum Gasteiger partial charge on any atom is 0.299 e. The molecule has 1 unspecified atom stereocenters. The molecule has 1 aromatic carbocycles. The minimum Gasteiger partial charge on any atom is -0.316 e. The van der Waals surface area contributed by atoms with Gasteiger partial charge in [0.2, 0.25) is 0 Å². The number of amides is 1. The van der Waals surface area contributed by atoms with Crippen LogP contribution in [0.25, 0.3) is 0 Å². The monoisotopic (exact) mass is 262 g/mol. The van der Waals surface area contributed by atoms with Crippen molar-refractivity contribution in [2.45, 2.75) is 12.8 Å². The predicted octanol–water partition coefficient (Wildman–Crippen LogP) is 1.35. The van der Waals surface area contributed by atoms with Gasteiger partial charge in [0, 0.05) is 6.54 Å². The molecule has 2 aliphatic rings. The Balaban J connectivity index is 1.90. The lowest BCUT2D eigenvalue weighted by Gasteiger charge is -2.27. The number of anilines is 1. The Hall–Kier alpha value is -1.75. The van der Waals surface area contributed by atoms with Crippen LogP contribution in [0, 0.1) is 11.7 Å². The van der Waals surface area contributed by atoms with Gasteiger partial charge in [-0.15, -0.1) is 0 Å². The van der Waals surface area contributed by atoms with Gasteiger partial charge in [-0.25, -0.2) is 4.39 Å². The number of ketones is 1. The first kappa shape index (κ1) is 12.3. The van der Waals surface area contributed by atoms with Crippen LogP contribution in [0.1, 0.15) is 23.2 Å². The summed E-state index contributed by atoms with van der Waals surface area (Å²) in [5, 5.41) is 3.26. The van der Waals surface area contributed by atoms with E-state index < -0.39 is 17.5 Å². The number of nitrogens with one attached hydrogen (secondary N) is 1. The van der Waals surface area contributed by atoms with Crippen LogP contribution in [0.3, 0.4) is 0 Å². The number of carbonyl (C=O) groups is 2. The van der Waals surface area contributed by atoms with Crippen molar-refractivity contribution < 1.29 is 14.0 Å². The van der Waals surface area contributed by atoms with Gasteiger partial charge in [0.15, 0.2) is 0 Å². The molecule has 1 fully saturated rings. The summed E-state index contributed by atoms with van der Waals surface area (Å²) in [6, 6.07) is 4.26. The summed E-state index contributed by atoms with van der Waals surface area (Å²) in [7, 11) is 0. The van der Waals surface area contributed by atoms with Gasteiger partial charge >= 0.3 is 0 Å². The fourth-order valence-electron chi connectivity index (χ4n) is 2.82. The van der Waals surface area contributed by atoms with Crippen LogP contribution < -0.4 is 10.2 Å². The van der Waals surface area contributed by atoms with Crippen molar-refractivity contribution in [2.75, 3.05) is 24.5 Å². The molecule has 0 bridgehead atoms. The molecule has 19 heavy (non-hydrogen) atoms. The molecule has 0 aromatic heterocycles. The molecule has 0 aliphatic carbocycles. The molecule has 3 rings (SSSR count). The standard InChI is InChI=1S/C14H15FN2O2/c15-11-5-1-4-10-12(11)17(14(19)13(10)18)8-9-3-2-6-16-7-9/h1,4-5,9,16H,2-3,6-8H2. The van der Waals surface area contributed by atoms with Crippen molar-refractivity contribution in [3.63, 3.8) is 0 Å². The second-order valence-corrected chi connectivity index (χ2v) is 5.09. The van der Waals surface area contributed by atoms with Gasteiger partial charge in [0.1, 0.15) is 5.82 Å². The highest BCUT2D eigenvalue weighted by atomic mass is 19.1. The Morgan fingerprint density at radius 1 is 1.37 bits per heavy atom. The number of hydrogen-bond acceptors (Lipinski definition) is 3. The van der Waals surface area contributed by atoms with Crippen molar-refractivity contribution in [1.82, 2.24) is 5.32 Å². The minimum atomic E-state index is -0.606. The zero-order valence-electron chi connectivity index (χ0n) is 10.5. The largest absolute Gasteiger partial charge is 0.316 e. The third-order valence-electron chi connectivity index (χ3n) is 3.78. The zero-order chi connectivity index (χ0) is 13.4. The maximum atomic E-state index is 13.9. The van der Waals surface area contributed by atoms with Gasteiger partial charge < -0.3 is 10.2 Å². The van der Waals surface area contributed by atoms with Crippen molar-refractivity contribution >= 4 is 17.4 Å². The Morgan fingerprint density at radius 3 is 2.95 bits per heavy atom. The lowest BCUT2D eigenvalue weighted by atomic mass is 9.99. The summed E-state index contributed by atoms with van der Waals surface area (Å²) in [6.45, 7) is 2.20. The normalized spacial score (nSPS) is 22.8. The highest BCUT2D eigenvalue weighted by Crippen LogP contribution is 2.32. The lowest BCUT2D eigenvalue weighted by molar-refractivity contribution is -0.114. The average Bonchev–Trinajstić information content (AvgIpc) is 2.67. The van der Waals surface area contributed by atoms with E-state index in [-0.39, 0.29) is 17.2 Å². The van der Waals surface area contributed by atoms with Crippen LogP contribution in [0.4, 0.5) is 10.1 Å². The molecular formula is C14H15FN2O2. The second-order valence-electron chi connectivity index (χ2n) is 5.09. The molecule has 2 heterocycles. The highest BCUT2D eigenvalue weighted by Gasteiger charge is 2.38. The highest BCUT2D eigenvalue weighted by molar-refractivity contribution is 6.52. The van der Waals surface area contributed by atoms with Gasteiger partial charge in [-0.1, -0.05) is 6.07 Å². The second kappa shape index (κ2) is 4.74. The molecule has 5 heteroatoms. The summed E-state index contributed by atoms with van der Waals surface area (Å²) in [5.41, 5.74) is 0.344. The number of rotatable bonds is 2. The fraction of sp³-hybridized carbons (Fsp3) is 0.429. The first-order chi connectivity index (χ1) is 9.18. The summed E-state index contributed by atoms with van der Waals surface area (Å²) < 4.78 is 13.9. The summed E-state index contributed by atoms with van der Waals surface area (Å²) >= 11 is 0. The number of carbonyl (C=O) groups excluding carboxylic acids is 2. The SMILES string of the molecule is O=C1C(=O)N(CC2CCCNC2)c2c(F)cccc21. The third kappa shape index (κ3) is 2.04. The number of piperidine rings is 1. The van der Waals surface area contributed by atoms with Crippen molar-refractivity contribution in [3.8, 4) is 0 Å². The van der Waals surface area contributed by atoms with E-state index in [0.29, 0.717) is 6.54 Å². The van der Waals surface area contributed by atoms with Crippen LogP contribution in [0.2, 0.25) is 0 Å². The molecule has 1 aromatic rings. The van der Waals surface area contributed by atoms with Crippen molar-refractivity contribution in [3.05, 3.63) is 29.6 Å². The molecule has 1 N–H and O–H groups in total. The van der Waals surface area contributed by atoms with Crippen LogP contribution in [-0.4, -0.2) is 31.3 Å². The number of benzene rings is 1. The Labute approximate surface area is 110 Å². The molecule has 1 saturated heterocycles. The number of hydrogen-bond donors (Lipinski definition) is 1. The number of Topliss-reactive ketones (excluding diaryl/α,β-unsaturated/α-hetero) is 1. The van der Waals surface area contributed by atoms with E-state index in [4.69, 9.17) is 0 Å². The first-order valence-corrected chi connectivity index (χ1v) is 6.54. The van der Waals surface area contributed by atoms with Crippen molar-refractivity contribution in [1.29, 1.82) is 0 Å².